The molecule has 0 amide bonds. The second kappa shape index (κ2) is 4.33. The van der Waals surface area contributed by atoms with Crippen LogP contribution in [0, 0.1) is 5.92 Å². The maximum atomic E-state index is 10.6. The Morgan fingerprint density at radius 1 is 1.53 bits per heavy atom. The molecule has 4 heteroatoms. The van der Waals surface area contributed by atoms with E-state index >= 15 is 0 Å². The molecule has 0 aliphatic carbocycles. The highest BCUT2D eigenvalue weighted by Crippen LogP contribution is 2.20. The fraction of sp³-hybridized carbons (Fsp3) is 0.364. The number of nitrogens with zero attached hydrogens (tertiary/aromatic N) is 1. The van der Waals surface area contributed by atoms with Gasteiger partial charge in [-0.1, -0.05) is 28.1 Å². The van der Waals surface area contributed by atoms with Gasteiger partial charge in [-0.15, -0.1) is 0 Å². The minimum absolute atomic E-state index is 0.169. The number of rotatable bonds is 3. The van der Waals surface area contributed by atoms with Crippen molar-refractivity contribution in [2.45, 2.75) is 6.54 Å². The van der Waals surface area contributed by atoms with Gasteiger partial charge in [-0.05, 0) is 17.7 Å². The van der Waals surface area contributed by atoms with Gasteiger partial charge in [0.1, 0.15) is 0 Å². The minimum atomic E-state index is -0.680. The second-order valence-electron chi connectivity index (χ2n) is 3.86. The van der Waals surface area contributed by atoms with E-state index in [0.717, 1.165) is 11.0 Å². The number of carboxylic acid groups (broad SMARTS) is 1. The molecule has 0 radical (unpaired) electrons. The summed E-state index contributed by atoms with van der Waals surface area (Å²) in [4.78, 5) is 12.7. The van der Waals surface area contributed by atoms with Gasteiger partial charge in [-0.2, -0.15) is 0 Å². The van der Waals surface area contributed by atoms with E-state index in [1.165, 1.54) is 5.56 Å². The molecule has 1 aliphatic heterocycles. The summed E-state index contributed by atoms with van der Waals surface area (Å²) in [6, 6.07) is 8.10. The van der Waals surface area contributed by atoms with E-state index in [0.29, 0.717) is 13.1 Å². The summed E-state index contributed by atoms with van der Waals surface area (Å²) in [5, 5.41) is 8.73. The van der Waals surface area contributed by atoms with Crippen molar-refractivity contribution in [1.82, 2.24) is 4.90 Å². The summed E-state index contributed by atoms with van der Waals surface area (Å²) < 4.78 is 1.07. The van der Waals surface area contributed by atoms with Crippen molar-refractivity contribution in [3.05, 3.63) is 34.3 Å². The van der Waals surface area contributed by atoms with Crippen LogP contribution in [0.4, 0.5) is 0 Å². The molecular weight excluding hydrogens is 258 g/mol. The molecule has 80 valence electrons. The quantitative estimate of drug-likeness (QED) is 0.912. The first-order chi connectivity index (χ1) is 7.15. The Balaban J connectivity index is 1.87. The van der Waals surface area contributed by atoms with Crippen LogP contribution in [-0.2, 0) is 11.3 Å². The number of benzene rings is 1. The lowest BCUT2D eigenvalue weighted by atomic mass is 10.00. The zero-order chi connectivity index (χ0) is 10.8. The Bertz CT molecular complexity index is 375. The third-order valence-electron chi connectivity index (χ3n) is 2.60. The lowest BCUT2D eigenvalue weighted by molar-refractivity contribution is -0.147. The molecule has 3 nitrogen and oxygen atoms in total. The summed E-state index contributed by atoms with van der Waals surface area (Å²) in [5.74, 6) is -0.849. The van der Waals surface area contributed by atoms with Crippen molar-refractivity contribution in [3.63, 3.8) is 0 Å². The Hall–Kier alpha value is -0.870. The Labute approximate surface area is 96.8 Å². The molecule has 1 aromatic rings. The van der Waals surface area contributed by atoms with E-state index in [1.54, 1.807) is 0 Å². The van der Waals surface area contributed by atoms with Crippen LogP contribution >= 0.6 is 15.9 Å². The summed E-state index contributed by atoms with van der Waals surface area (Å²) in [5.41, 5.74) is 1.22. The van der Waals surface area contributed by atoms with E-state index < -0.39 is 5.97 Å². The number of halogens is 1. The van der Waals surface area contributed by atoms with Crippen LogP contribution in [0.15, 0.2) is 28.7 Å². The van der Waals surface area contributed by atoms with Gasteiger partial charge in [0.05, 0.1) is 5.92 Å². The summed E-state index contributed by atoms with van der Waals surface area (Å²) in [6.07, 6.45) is 0. The average Bonchev–Trinajstić information content (AvgIpc) is 2.10. The van der Waals surface area contributed by atoms with Crippen LogP contribution < -0.4 is 0 Å². The fourth-order valence-electron chi connectivity index (χ4n) is 1.75. The van der Waals surface area contributed by atoms with Crippen molar-refractivity contribution < 1.29 is 9.90 Å². The van der Waals surface area contributed by atoms with Crippen LogP contribution in [-0.4, -0.2) is 29.1 Å². The molecule has 1 heterocycles. The smallest absolute Gasteiger partial charge is 0.309 e. The predicted octanol–water partition coefficient (Wildman–Crippen LogP) is 1.97. The summed E-state index contributed by atoms with van der Waals surface area (Å²) in [7, 11) is 0. The molecule has 0 bridgehead atoms. The molecular formula is C11H12BrNO2. The third kappa shape index (κ3) is 2.58. The molecule has 0 atom stereocenters. The first-order valence-corrected chi connectivity index (χ1v) is 5.64. The number of hydrogen-bond acceptors (Lipinski definition) is 2. The molecule has 2 rings (SSSR count). The third-order valence-corrected chi connectivity index (χ3v) is 3.09. The zero-order valence-electron chi connectivity index (χ0n) is 8.19. The minimum Gasteiger partial charge on any atom is -0.481 e. The van der Waals surface area contributed by atoms with E-state index in [2.05, 4.69) is 33.0 Å². The van der Waals surface area contributed by atoms with Gasteiger partial charge in [0.15, 0.2) is 0 Å². The van der Waals surface area contributed by atoms with Crippen molar-refractivity contribution in [2.24, 2.45) is 5.92 Å². The van der Waals surface area contributed by atoms with Crippen LogP contribution in [0.3, 0.4) is 0 Å². The molecule has 1 N–H and O–H groups in total. The number of aliphatic carboxylic acids is 1. The first-order valence-electron chi connectivity index (χ1n) is 4.85. The van der Waals surface area contributed by atoms with Crippen molar-refractivity contribution >= 4 is 21.9 Å². The standard InChI is InChI=1S/C11H12BrNO2/c12-10-3-1-2-8(4-10)5-13-6-9(7-13)11(14)15/h1-4,9H,5-7H2,(H,14,15). The topological polar surface area (TPSA) is 40.5 Å². The molecule has 1 saturated heterocycles. The van der Waals surface area contributed by atoms with Gasteiger partial charge >= 0.3 is 5.97 Å². The van der Waals surface area contributed by atoms with E-state index in [-0.39, 0.29) is 5.92 Å². The molecule has 0 aromatic heterocycles. The number of carbonyl (C=O) groups is 1. The second-order valence-corrected chi connectivity index (χ2v) is 4.77. The average molecular weight is 270 g/mol. The number of likely N-dealkylation sites (tertiary alicyclic amines) is 1. The van der Waals surface area contributed by atoms with E-state index in [9.17, 15) is 4.79 Å². The maximum absolute atomic E-state index is 10.6. The highest BCUT2D eigenvalue weighted by molar-refractivity contribution is 9.10. The SMILES string of the molecule is O=C(O)C1CN(Cc2cccc(Br)c2)C1. The predicted molar refractivity (Wildman–Crippen MR) is 60.5 cm³/mol. The molecule has 0 spiro atoms. The van der Waals surface area contributed by atoms with Gasteiger partial charge in [-0.3, -0.25) is 9.69 Å². The molecule has 1 fully saturated rings. The van der Waals surface area contributed by atoms with Gasteiger partial charge in [0.2, 0.25) is 0 Å². The lowest BCUT2D eigenvalue weighted by Gasteiger charge is -2.36. The zero-order valence-corrected chi connectivity index (χ0v) is 9.77. The van der Waals surface area contributed by atoms with Crippen molar-refractivity contribution in [2.75, 3.05) is 13.1 Å². The van der Waals surface area contributed by atoms with Gasteiger partial charge < -0.3 is 5.11 Å². The van der Waals surface area contributed by atoms with Crippen LogP contribution in [0.5, 0.6) is 0 Å². The Morgan fingerprint density at radius 2 is 2.27 bits per heavy atom. The van der Waals surface area contributed by atoms with E-state index in [1.807, 2.05) is 12.1 Å². The number of hydrogen-bond donors (Lipinski definition) is 1. The molecule has 1 aromatic carbocycles. The fourth-order valence-corrected chi connectivity index (χ4v) is 2.20. The van der Waals surface area contributed by atoms with Gasteiger partial charge in [0.25, 0.3) is 0 Å². The molecule has 0 saturated carbocycles. The highest BCUT2D eigenvalue weighted by Gasteiger charge is 2.31. The van der Waals surface area contributed by atoms with Crippen molar-refractivity contribution in [1.29, 1.82) is 0 Å². The van der Waals surface area contributed by atoms with Crippen molar-refractivity contribution in [3.8, 4) is 0 Å². The van der Waals surface area contributed by atoms with E-state index in [4.69, 9.17) is 5.11 Å². The van der Waals surface area contributed by atoms with Crippen LogP contribution in [0.2, 0.25) is 0 Å². The monoisotopic (exact) mass is 269 g/mol. The summed E-state index contributed by atoms with van der Waals surface area (Å²) in [6.45, 7) is 2.17. The highest BCUT2D eigenvalue weighted by atomic mass is 79.9. The normalized spacial score (nSPS) is 17.4. The van der Waals surface area contributed by atoms with Crippen LogP contribution in [0.1, 0.15) is 5.56 Å². The molecule has 15 heavy (non-hydrogen) atoms. The Morgan fingerprint density at radius 3 is 2.87 bits per heavy atom. The van der Waals surface area contributed by atoms with Gasteiger partial charge in [-0.25, -0.2) is 0 Å². The number of carboxylic acids is 1. The Kier molecular flexibility index (Phi) is 3.07. The largest absolute Gasteiger partial charge is 0.481 e. The summed E-state index contributed by atoms with van der Waals surface area (Å²) >= 11 is 3.41. The maximum Gasteiger partial charge on any atom is 0.309 e. The van der Waals surface area contributed by atoms with Crippen LogP contribution in [0.25, 0.3) is 0 Å². The lowest BCUT2D eigenvalue weighted by Crippen LogP contribution is -2.49. The molecule has 1 aliphatic rings. The first kappa shape index (κ1) is 10.6. The molecule has 0 unspecified atom stereocenters. The van der Waals surface area contributed by atoms with Gasteiger partial charge in [0, 0.05) is 24.1 Å².